The molecule has 0 saturated heterocycles. The van der Waals surface area contributed by atoms with E-state index in [-0.39, 0.29) is 5.82 Å². The van der Waals surface area contributed by atoms with Gasteiger partial charge in [-0.3, -0.25) is 0 Å². The molecule has 0 spiro atoms. The average Bonchev–Trinajstić information content (AvgIpc) is 2.57. The van der Waals surface area contributed by atoms with Gasteiger partial charge in [0.25, 0.3) is 0 Å². The van der Waals surface area contributed by atoms with Gasteiger partial charge in [-0.05, 0) is 55.0 Å². The van der Waals surface area contributed by atoms with E-state index >= 15 is 0 Å². The van der Waals surface area contributed by atoms with Crippen molar-refractivity contribution >= 4 is 23.8 Å². The van der Waals surface area contributed by atoms with Gasteiger partial charge in [0.05, 0.1) is 12.2 Å². The van der Waals surface area contributed by atoms with E-state index in [1.54, 1.807) is 49.4 Å². The summed E-state index contributed by atoms with van der Waals surface area (Å²) >= 11 is 0. The molecule has 2 aromatic carbocycles. The van der Waals surface area contributed by atoms with Crippen LogP contribution in [0.4, 0.5) is 14.9 Å². The number of urea groups is 1. The molecule has 0 aliphatic carbocycles. The molecule has 24 heavy (non-hydrogen) atoms. The standard InChI is InChI=1S/C18H17FN2O3/c1-2-24-17(22)14-5-9-16(10-6-14)21-18(23)20-12-11-13-3-7-15(19)8-4-13/h3-12H,2H2,1H3,(H2,20,21,23)/b12-11+. The van der Waals surface area contributed by atoms with Gasteiger partial charge < -0.3 is 15.4 Å². The van der Waals surface area contributed by atoms with Crippen molar-refractivity contribution in [1.29, 1.82) is 0 Å². The Hall–Kier alpha value is -3.15. The Morgan fingerprint density at radius 2 is 1.75 bits per heavy atom. The number of esters is 1. The third-order valence-electron chi connectivity index (χ3n) is 3.01. The summed E-state index contributed by atoms with van der Waals surface area (Å²) in [6.45, 7) is 2.04. The van der Waals surface area contributed by atoms with E-state index in [0.29, 0.717) is 17.9 Å². The number of amides is 2. The topological polar surface area (TPSA) is 67.4 Å². The zero-order chi connectivity index (χ0) is 17.4. The number of benzene rings is 2. The molecule has 0 fully saturated rings. The number of carbonyl (C=O) groups excluding carboxylic acids is 2. The molecule has 0 aromatic heterocycles. The van der Waals surface area contributed by atoms with E-state index in [1.165, 1.54) is 18.3 Å². The lowest BCUT2D eigenvalue weighted by Gasteiger charge is -2.06. The van der Waals surface area contributed by atoms with Crippen molar-refractivity contribution in [2.24, 2.45) is 0 Å². The summed E-state index contributed by atoms with van der Waals surface area (Å²) in [5, 5.41) is 5.16. The zero-order valence-corrected chi connectivity index (χ0v) is 13.1. The van der Waals surface area contributed by atoms with Crippen LogP contribution in [0.2, 0.25) is 0 Å². The molecule has 0 saturated carbocycles. The first-order chi connectivity index (χ1) is 11.6. The van der Waals surface area contributed by atoms with Crippen LogP contribution in [0.1, 0.15) is 22.8 Å². The van der Waals surface area contributed by atoms with Gasteiger partial charge in [-0.1, -0.05) is 12.1 Å². The maximum absolute atomic E-state index is 12.8. The Bertz CT molecular complexity index is 725. The van der Waals surface area contributed by atoms with Crippen LogP contribution in [0.3, 0.4) is 0 Å². The first-order valence-corrected chi connectivity index (χ1v) is 7.35. The predicted molar refractivity (Wildman–Crippen MR) is 90.0 cm³/mol. The summed E-state index contributed by atoms with van der Waals surface area (Å²) in [4.78, 5) is 23.3. The lowest BCUT2D eigenvalue weighted by molar-refractivity contribution is 0.0526. The van der Waals surface area contributed by atoms with Crippen molar-refractivity contribution < 1.29 is 18.7 Å². The highest BCUT2D eigenvalue weighted by atomic mass is 19.1. The summed E-state index contributed by atoms with van der Waals surface area (Å²) < 4.78 is 17.6. The monoisotopic (exact) mass is 328 g/mol. The molecule has 2 aromatic rings. The minimum absolute atomic E-state index is 0.307. The zero-order valence-electron chi connectivity index (χ0n) is 13.1. The van der Waals surface area contributed by atoms with Gasteiger partial charge in [-0.15, -0.1) is 0 Å². The summed E-state index contributed by atoms with van der Waals surface area (Å²) in [5.41, 5.74) is 1.71. The molecule has 0 radical (unpaired) electrons. The van der Waals surface area contributed by atoms with E-state index in [0.717, 1.165) is 5.56 Å². The third kappa shape index (κ3) is 5.24. The van der Waals surface area contributed by atoms with E-state index < -0.39 is 12.0 Å². The van der Waals surface area contributed by atoms with Gasteiger partial charge >= 0.3 is 12.0 Å². The second-order valence-corrected chi connectivity index (χ2v) is 4.78. The molecular formula is C18H17FN2O3. The van der Waals surface area contributed by atoms with Crippen LogP contribution >= 0.6 is 0 Å². The average molecular weight is 328 g/mol. The Morgan fingerprint density at radius 3 is 2.38 bits per heavy atom. The number of ether oxygens (including phenoxy) is 1. The van der Waals surface area contributed by atoms with Gasteiger partial charge in [0.2, 0.25) is 0 Å². The quantitative estimate of drug-likeness (QED) is 0.821. The fourth-order valence-corrected chi connectivity index (χ4v) is 1.86. The number of hydrogen-bond acceptors (Lipinski definition) is 3. The minimum Gasteiger partial charge on any atom is -0.462 e. The van der Waals surface area contributed by atoms with Crippen LogP contribution in [-0.4, -0.2) is 18.6 Å². The molecule has 2 N–H and O–H groups in total. The molecule has 0 aliphatic heterocycles. The summed E-state index contributed by atoms with van der Waals surface area (Å²) in [6.07, 6.45) is 3.10. The van der Waals surface area contributed by atoms with Crippen molar-refractivity contribution in [1.82, 2.24) is 5.32 Å². The molecule has 0 unspecified atom stereocenters. The third-order valence-corrected chi connectivity index (χ3v) is 3.01. The number of halogens is 1. The summed E-state index contributed by atoms with van der Waals surface area (Å²) in [5.74, 6) is -0.722. The smallest absolute Gasteiger partial charge is 0.338 e. The second-order valence-electron chi connectivity index (χ2n) is 4.78. The summed E-state index contributed by atoms with van der Waals surface area (Å²) in [7, 11) is 0. The fraction of sp³-hybridized carbons (Fsp3) is 0.111. The van der Waals surface area contributed by atoms with E-state index in [9.17, 15) is 14.0 Å². The first-order valence-electron chi connectivity index (χ1n) is 7.35. The highest BCUT2D eigenvalue weighted by Crippen LogP contribution is 2.10. The van der Waals surface area contributed by atoms with Gasteiger partial charge in [0, 0.05) is 11.9 Å². The van der Waals surface area contributed by atoms with Gasteiger partial charge in [-0.25, -0.2) is 14.0 Å². The number of hydrogen-bond donors (Lipinski definition) is 2. The Kier molecular flexibility index (Phi) is 6.08. The summed E-state index contributed by atoms with van der Waals surface area (Å²) in [6, 6.07) is 11.8. The number of carbonyl (C=O) groups is 2. The van der Waals surface area contributed by atoms with Gasteiger partial charge in [-0.2, -0.15) is 0 Å². The van der Waals surface area contributed by atoms with E-state index in [2.05, 4.69) is 10.6 Å². The molecule has 2 rings (SSSR count). The first kappa shape index (κ1) is 17.2. The maximum Gasteiger partial charge on any atom is 0.338 e. The van der Waals surface area contributed by atoms with Crippen molar-refractivity contribution in [2.45, 2.75) is 6.92 Å². The molecule has 6 heteroatoms. The van der Waals surface area contributed by atoms with Crippen LogP contribution < -0.4 is 10.6 Å². The lowest BCUT2D eigenvalue weighted by Crippen LogP contribution is -2.23. The molecule has 0 atom stereocenters. The van der Waals surface area contributed by atoms with Crippen molar-refractivity contribution in [3.05, 3.63) is 71.7 Å². The van der Waals surface area contributed by atoms with Crippen LogP contribution in [-0.2, 0) is 4.74 Å². The van der Waals surface area contributed by atoms with Gasteiger partial charge in [0.15, 0.2) is 0 Å². The molecule has 2 amide bonds. The van der Waals surface area contributed by atoms with Crippen molar-refractivity contribution in [3.8, 4) is 0 Å². The molecule has 124 valence electrons. The van der Waals surface area contributed by atoms with Gasteiger partial charge in [0.1, 0.15) is 5.82 Å². The fourth-order valence-electron chi connectivity index (χ4n) is 1.86. The lowest BCUT2D eigenvalue weighted by atomic mass is 10.2. The van der Waals surface area contributed by atoms with Crippen molar-refractivity contribution in [2.75, 3.05) is 11.9 Å². The predicted octanol–water partition coefficient (Wildman–Crippen LogP) is 3.79. The van der Waals surface area contributed by atoms with E-state index in [1.807, 2.05) is 0 Å². The molecule has 0 bridgehead atoms. The molecule has 0 heterocycles. The highest BCUT2D eigenvalue weighted by molar-refractivity contribution is 5.92. The normalized spacial score (nSPS) is 10.4. The Morgan fingerprint density at radius 1 is 1.08 bits per heavy atom. The van der Waals surface area contributed by atoms with Crippen LogP contribution in [0.25, 0.3) is 6.08 Å². The molecule has 5 nitrogen and oxygen atoms in total. The van der Waals surface area contributed by atoms with Crippen LogP contribution in [0.5, 0.6) is 0 Å². The Labute approximate surface area is 139 Å². The number of nitrogens with one attached hydrogen (secondary N) is 2. The molecular weight excluding hydrogens is 311 g/mol. The molecule has 0 aliphatic rings. The van der Waals surface area contributed by atoms with Crippen LogP contribution in [0, 0.1) is 5.82 Å². The number of rotatable bonds is 5. The van der Waals surface area contributed by atoms with Crippen LogP contribution in [0.15, 0.2) is 54.7 Å². The SMILES string of the molecule is CCOC(=O)c1ccc(NC(=O)N/C=C/c2ccc(F)cc2)cc1. The van der Waals surface area contributed by atoms with Crippen molar-refractivity contribution in [3.63, 3.8) is 0 Å². The second kappa shape index (κ2) is 8.47. The minimum atomic E-state index is -0.433. The Balaban J connectivity index is 1.85. The number of anilines is 1. The van der Waals surface area contributed by atoms with E-state index in [4.69, 9.17) is 4.74 Å². The largest absolute Gasteiger partial charge is 0.462 e. The maximum atomic E-state index is 12.8. The highest BCUT2D eigenvalue weighted by Gasteiger charge is 2.06.